The average molecular weight is 249 g/mol. The van der Waals surface area contributed by atoms with E-state index in [0.29, 0.717) is 0 Å². The molecule has 1 rings (SSSR count). The minimum Gasteiger partial charge on any atom is -0.359 e. The molecule has 3 nitrogen and oxygen atoms in total. The fraction of sp³-hybridized carbons (Fsp3) is 0.667. The predicted molar refractivity (Wildman–Crippen MR) is 79.1 cm³/mol. The summed E-state index contributed by atoms with van der Waals surface area (Å²) in [4.78, 5) is 6.82. The lowest BCUT2D eigenvalue weighted by Crippen LogP contribution is -2.22. The van der Waals surface area contributed by atoms with Gasteiger partial charge >= 0.3 is 0 Å². The third kappa shape index (κ3) is 4.65. The van der Waals surface area contributed by atoms with Crippen LogP contribution in [0.15, 0.2) is 12.3 Å². The van der Waals surface area contributed by atoms with E-state index in [2.05, 4.69) is 43.8 Å². The summed E-state index contributed by atoms with van der Waals surface area (Å²) in [5, 5.41) is 0. The Labute approximate surface area is 111 Å². The van der Waals surface area contributed by atoms with Crippen LogP contribution in [0.2, 0.25) is 0 Å². The van der Waals surface area contributed by atoms with Crippen LogP contribution in [0, 0.1) is 12.8 Å². The molecule has 0 saturated carbocycles. The maximum atomic E-state index is 5.82. The van der Waals surface area contributed by atoms with Gasteiger partial charge in [-0.25, -0.2) is 4.98 Å². The van der Waals surface area contributed by atoms with Crippen LogP contribution in [-0.4, -0.2) is 24.6 Å². The molecule has 0 spiro atoms. The van der Waals surface area contributed by atoms with Crippen LogP contribution in [-0.2, 0) is 6.42 Å². The molecule has 0 saturated heterocycles. The van der Waals surface area contributed by atoms with Gasteiger partial charge in [0.2, 0.25) is 0 Å². The van der Waals surface area contributed by atoms with Crippen molar-refractivity contribution in [1.29, 1.82) is 0 Å². The number of anilines is 1. The van der Waals surface area contributed by atoms with Gasteiger partial charge < -0.3 is 10.6 Å². The lowest BCUT2D eigenvalue weighted by Gasteiger charge is -2.21. The van der Waals surface area contributed by atoms with E-state index in [-0.39, 0.29) is 6.04 Å². The van der Waals surface area contributed by atoms with Gasteiger partial charge in [-0.3, -0.25) is 0 Å². The molecule has 1 unspecified atom stereocenters. The second-order valence-electron chi connectivity index (χ2n) is 5.77. The molecule has 0 aliphatic rings. The van der Waals surface area contributed by atoms with Gasteiger partial charge in [0.15, 0.2) is 0 Å². The van der Waals surface area contributed by atoms with Gasteiger partial charge in [0.1, 0.15) is 5.82 Å². The zero-order valence-electron chi connectivity index (χ0n) is 12.4. The molecule has 0 amide bonds. The fourth-order valence-corrected chi connectivity index (χ4v) is 2.07. The predicted octanol–water partition coefficient (Wildman–Crippen LogP) is 2.76. The third-order valence-electron chi connectivity index (χ3n) is 3.07. The van der Waals surface area contributed by atoms with Crippen molar-refractivity contribution in [3.05, 3.63) is 23.4 Å². The maximum Gasteiger partial charge on any atom is 0.131 e. The Bertz CT molecular complexity index is 372. The van der Waals surface area contributed by atoms with E-state index in [9.17, 15) is 0 Å². The first kappa shape index (κ1) is 15.0. The van der Waals surface area contributed by atoms with E-state index < -0.39 is 0 Å². The van der Waals surface area contributed by atoms with Crippen LogP contribution in [0.25, 0.3) is 0 Å². The molecule has 1 aromatic heterocycles. The minimum absolute atomic E-state index is 0.190. The number of nitrogens with two attached hydrogens (primary N) is 1. The number of aromatic nitrogens is 1. The lowest BCUT2D eigenvalue weighted by molar-refractivity contribution is 0.583. The fourth-order valence-electron chi connectivity index (χ4n) is 2.07. The van der Waals surface area contributed by atoms with E-state index >= 15 is 0 Å². The average Bonchev–Trinajstić information content (AvgIpc) is 2.25. The Hall–Kier alpha value is -1.09. The number of rotatable bonds is 6. The largest absolute Gasteiger partial charge is 0.359 e. The van der Waals surface area contributed by atoms with Gasteiger partial charge in [-0.1, -0.05) is 19.9 Å². The Morgan fingerprint density at radius 1 is 1.33 bits per heavy atom. The summed E-state index contributed by atoms with van der Waals surface area (Å²) in [5.74, 6) is 1.81. The van der Waals surface area contributed by atoms with Crippen LogP contribution in [0.1, 0.15) is 38.3 Å². The number of hydrogen-bond donors (Lipinski definition) is 1. The first-order valence-electron chi connectivity index (χ1n) is 6.82. The molecule has 18 heavy (non-hydrogen) atoms. The number of hydrogen-bond acceptors (Lipinski definition) is 3. The van der Waals surface area contributed by atoms with Crippen LogP contribution >= 0.6 is 0 Å². The van der Waals surface area contributed by atoms with Crippen molar-refractivity contribution in [3.8, 4) is 0 Å². The molecule has 3 heteroatoms. The Kier molecular flexibility index (Phi) is 5.60. The van der Waals surface area contributed by atoms with Crippen molar-refractivity contribution < 1.29 is 0 Å². The summed E-state index contributed by atoms with van der Waals surface area (Å²) in [6.07, 6.45) is 4.04. The summed E-state index contributed by atoms with van der Waals surface area (Å²) >= 11 is 0. The second kappa shape index (κ2) is 6.74. The highest BCUT2D eigenvalue weighted by molar-refractivity contribution is 5.46. The Morgan fingerprint density at radius 2 is 2.00 bits per heavy atom. The van der Waals surface area contributed by atoms with Crippen molar-refractivity contribution in [2.24, 2.45) is 11.7 Å². The van der Waals surface area contributed by atoms with Crippen molar-refractivity contribution in [1.82, 2.24) is 4.98 Å². The topological polar surface area (TPSA) is 42.1 Å². The normalized spacial score (nSPS) is 12.8. The summed E-state index contributed by atoms with van der Waals surface area (Å²) in [5.41, 5.74) is 8.28. The van der Waals surface area contributed by atoms with Crippen molar-refractivity contribution in [2.75, 3.05) is 18.5 Å². The zero-order valence-corrected chi connectivity index (χ0v) is 12.4. The highest BCUT2D eigenvalue weighted by Gasteiger charge is 2.08. The first-order chi connectivity index (χ1) is 8.40. The van der Waals surface area contributed by atoms with Crippen LogP contribution < -0.4 is 10.6 Å². The third-order valence-corrected chi connectivity index (χ3v) is 3.07. The zero-order chi connectivity index (χ0) is 13.7. The lowest BCUT2D eigenvalue weighted by atomic mass is 10.1. The second-order valence-corrected chi connectivity index (χ2v) is 5.77. The van der Waals surface area contributed by atoms with Gasteiger partial charge in [-0.15, -0.1) is 0 Å². The molecule has 0 aliphatic carbocycles. The van der Waals surface area contributed by atoms with Gasteiger partial charge in [0.25, 0.3) is 0 Å². The molecule has 1 atom stereocenters. The molecular weight excluding hydrogens is 222 g/mol. The highest BCUT2D eigenvalue weighted by atomic mass is 15.2. The standard InChI is InChI=1S/C15H27N3/c1-11(2)6-7-18(5)15-12(3)8-14(10-17-15)9-13(4)16/h8,10-11,13H,6-7,9,16H2,1-5H3. The van der Waals surface area contributed by atoms with Crippen LogP contribution in [0.5, 0.6) is 0 Å². The molecule has 0 fully saturated rings. The number of nitrogens with zero attached hydrogens (tertiary/aromatic N) is 2. The monoisotopic (exact) mass is 249 g/mol. The van der Waals surface area contributed by atoms with Gasteiger partial charge in [-0.05, 0) is 43.7 Å². The molecule has 1 aromatic rings. The minimum atomic E-state index is 0.190. The van der Waals surface area contributed by atoms with Gasteiger partial charge in [0, 0.05) is 25.8 Å². The smallest absolute Gasteiger partial charge is 0.131 e. The Morgan fingerprint density at radius 3 is 2.50 bits per heavy atom. The van der Waals surface area contributed by atoms with Crippen molar-refractivity contribution in [2.45, 2.75) is 46.6 Å². The highest BCUT2D eigenvalue weighted by Crippen LogP contribution is 2.18. The maximum absolute atomic E-state index is 5.82. The van der Waals surface area contributed by atoms with Gasteiger partial charge in [-0.2, -0.15) is 0 Å². The van der Waals surface area contributed by atoms with E-state index in [1.165, 1.54) is 17.5 Å². The quantitative estimate of drug-likeness (QED) is 0.843. The summed E-state index contributed by atoms with van der Waals surface area (Å²) < 4.78 is 0. The molecule has 0 aromatic carbocycles. The first-order valence-corrected chi connectivity index (χ1v) is 6.82. The summed E-state index contributed by atoms with van der Waals surface area (Å²) in [7, 11) is 2.11. The summed E-state index contributed by atoms with van der Waals surface area (Å²) in [6, 6.07) is 2.40. The Balaban J connectivity index is 2.72. The van der Waals surface area contributed by atoms with E-state index in [1.807, 2.05) is 13.1 Å². The molecule has 1 heterocycles. The van der Waals surface area contributed by atoms with E-state index in [4.69, 9.17) is 5.73 Å². The van der Waals surface area contributed by atoms with Crippen LogP contribution in [0.3, 0.4) is 0 Å². The molecule has 102 valence electrons. The molecule has 2 N–H and O–H groups in total. The number of pyridine rings is 1. The molecule has 0 radical (unpaired) electrons. The SMILES string of the molecule is Cc1cc(CC(C)N)cnc1N(C)CCC(C)C. The van der Waals surface area contributed by atoms with Crippen molar-refractivity contribution in [3.63, 3.8) is 0 Å². The molecular formula is C15H27N3. The van der Waals surface area contributed by atoms with Gasteiger partial charge in [0.05, 0.1) is 0 Å². The van der Waals surface area contributed by atoms with E-state index in [1.54, 1.807) is 0 Å². The summed E-state index contributed by atoms with van der Waals surface area (Å²) in [6.45, 7) is 9.70. The molecule has 0 aliphatic heterocycles. The van der Waals surface area contributed by atoms with Crippen LogP contribution in [0.4, 0.5) is 5.82 Å². The van der Waals surface area contributed by atoms with E-state index in [0.717, 1.165) is 24.7 Å². The number of aryl methyl sites for hydroxylation is 1. The molecule has 0 bridgehead atoms. The van der Waals surface area contributed by atoms with Crippen molar-refractivity contribution >= 4 is 5.82 Å².